The largest absolute Gasteiger partial charge is 0.462 e. The monoisotopic (exact) mass is 451 g/mol. The van der Waals surface area contributed by atoms with Crippen molar-refractivity contribution in [2.45, 2.75) is 57.2 Å². The van der Waals surface area contributed by atoms with Gasteiger partial charge in [-0.05, 0) is 32.1 Å². The second kappa shape index (κ2) is 11.7. The van der Waals surface area contributed by atoms with Gasteiger partial charge in [0.05, 0.1) is 6.42 Å². The number of halogens is 4. The molecule has 0 unspecified atom stereocenters. The van der Waals surface area contributed by atoms with Gasteiger partial charge in [-0.25, -0.2) is 0 Å². The van der Waals surface area contributed by atoms with Gasteiger partial charge >= 0.3 is 12.1 Å². The molecule has 0 radical (unpaired) electrons. The van der Waals surface area contributed by atoms with Crippen molar-refractivity contribution in [1.29, 1.82) is 0 Å². The number of hydrogen-bond donors (Lipinski definition) is 2. The highest BCUT2D eigenvalue weighted by Crippen LogP contribution is 2.21. The van der Waals surface area contributed by atoms with E-state index in [1.54, 1.807) is 0 Å². The summed E-state index contributed by atoms with van der Waals surface area (Å²) in [6.45, 7) is 0.221. The average Bonchev–Trinajstić information content (AvgIpc) is 2.93. The highest BCUT2D eigenvalue weighted by molar-refractivity contribution is 14.0. The first kappa shape index (κ1) is 22.3. The zero-order chi connectivity index (χ0) is 16.4. The highest BCUT2D eigenvalue weighted by atomic mass is 127. The number of aliphatic imine (C=N–C) groups is 1. The van der Waals surface area contributed by atoms with Gasteiger partial charge in [0.15, 0.2) is 5.96 Å². The lowest BCUT2D eigenvalue weighted by Crippen LogP contribution is -2.39. The van der Waals surface area contributed by atoms with Crippen LogP contribution in [0.5, 0.6) is 0 Å². The molecule has 0 atom stereocenters. The Morgan fingerprint density at radius 2 is 1.83 bits per heavy atom. The molecule has 9 heteroatoms. The average molecular weight is 451 g/mol. The van der Waals surface area contributed by atoms with Crippen LogP contribution in [0.1, 0.15) is 44.9 Å². The van der Waals surface area contributed by atoms with Gasteiger partial charge in [0.25, 0.3) is 0 Å². The molecule has 5 nitrogen and oxygen atoms in total. The van der Waals surface area contributed by atoms with Crippen LogP contribution in [-0.4, -0.2) is 44.3 Å². The summed E-state index contributed by atoms with van der Waals surface area (Å²) in [6, 6.07) is 0. The molecule has 0 amide bonds. The normalized spacial score (nSPS) is 15.9. The van der Waals surface area contributed by atoms with E-state index in [1.165, 1.54) is 7.05 Å². The summed E-state index contributed by atoms with van der Waals surface area (Å²) < 4.78 is 41.4. The lowest BCUT2D eigenvalue weighted by molar-refractivity contribution is -0.148. The molecule has 1 aliphatic carbocycles. The maximum absolute atomic E-state index is 12.0. The standard InChI is InChI=1S/C14H24F3N3O2.HI/c1-18-13(20-10-8-14(15,16)17)19-9-4-7-12(21)22-11-5-2-3-6-11;/h11H,2-10H2,1H3,(H2,18,19,20);1H. The van der Waals surface area contributed by atoms with Crippen molar-refractivity contribution < 1.29 is 22.7 Å². The number of carbonyl (C=O) groups is 1. The van der Waals surface area contributed by atoms with Crippen molar-refractivity contribution in [3.63, 3.8) is 0 Å². The maximum atomic E-state index is 12.0. The molecule has 0 heterocycles. The van der Waals surface area contributed by atoms with E-state index >= 15 is 0 Å². The molecule has 1 rings (SSSR count). The predicted molar refractivity (Wildman–Crippen MR) is 93.0 cm³/mol. The smallest absolute Gasteiger partial charge is 0.390 e. The summed E-state index contributed by atoms with van der Waals surface area (Å²) in [5.74, 6) is 0.0853. The number of ether oxygens (including phenoxy) is 1. The maximum Gasteiger partial charge on any atom is 0.390 e. The molecule has 1 fully saturated rings. The van der Waals surface area contributed by atoms with Crippen molar-refractivity contribution in [2.24, 2.45) is 4.99 Å². The molecule has 23 heavy (non-hydrogen) atoms. The van der Waals surface area contributed by atoms with Crippen LogP contribution in [0, 0.1) is 0 Å². The second-order valence-electron chi connectivity index (χ2n) is 5.29. The van der Waals surface area contributed by atoms with Crippen LogP contribution >= 0.6 is 24.0 Å². The Bertz CT molecular complexity index is 373. The molecular formula is C14H25F3IN3O2. The summed E-state index contributed by atoms with van der Waals surface area (Å²) >= 11 is 0. The van der Waals surface area contributed by atoms with Crippen LogP contribution in [0.4, 0.5) is 13.2 Å². The van der Waals surface area contributed by atoms with Gasteiger partial charge in [0.1, 0.15) is 6.10 Å². The first-order valence-electron chi connectivity index (χ1n) is 7.61. The number of carbonyl (C=O) groups excluding carboxylic acids is 1. The SMILES string of the molecule is CN=C(NCCCC(=O)OC1CCCC1)NCCC(F)(F)F.I. The van der Waals surface area contributed by atoms with Crippen LogP contribution < -0.4 is 10.6 Å². The Hall–Kier alpha value is -0.740. The zero-order valence-electron chi connectivity index (χ0n) is 13.2. The summed E-state index contributed by atoms with van der Waals surface area (Å²) in [5, 5.41) is 5.44. The van der Waals surface area contributed by atoms with Gasteiger partial charge in [-0.15, -0.1) is 24.0 Å². The van der Waals surface area contributed by atoms with E-state index in [0.29, 0.717) is 25.3 Å². The van der Waals surface area contributed by atoms with Crippen LogP contribution in [0.2, 0.25) is 0 Å². The molecule has 0 aromatic rings. The van der Waals surface area contributed by atoms with Gasteiger partial charge < -0.3 is 15.4 Å². The Labute approximate surface area is 151 Å². The first-order valence-corrected chi connectivity index (χ1v) is 7.61. The van der Waals surface area contributed by atoms with Crippen LogP contribution in [0.3, 0.4) is 0 Å². The third-order valence-electron chi connectivity index (χ3n) is 3.37. The first-order chi connectivity index (χ1) is 10.4. The van der Waals surface area contributed by atoms with Crippen molar-refractivity contribution in [3.8, 4) is 0 Å². The number of alkyl halides is 3. The fourth-order valence-corrected chi connectivity index (χ4v) is 2.23. The quantitative estimate of drug-likeness (QED) is 0.206. The number of rotatable bonds is 7. The minimum atomic E-state index is -4.18. The molecule has 0 aliphatic heterocycles. The lowest BCUT2D eigenvalue weighted by atomic mass is 10.3. The van der Waals surface area contributed by atoms with Gasteiger partial charge in [-0.1, -0.05) is 0 Å². The predicted octanol–water partition coefficient (Wildman–Crippen LogP) is 2.99. The fraction of sp³-hybridized carbons (Fsp3) is 0.857. The number of nitrogens with one attached hydrogen (secondary N) is 2. The lowest BCUT2D eigenvalue weighted by Gasteiger charge is -2.13. The van der Waals surface area contributed by atoms with Gasteiger partial charge in [0.2, 0.25) is 0 Å². The van der Waals surface area contributed by atoms with E-state index in [-0.39, 0.29) is 42.6 Å². The van der Waals surface area contributed by atoms with Crippen molar-refractivity contribution in [1.82, 2.24) is 10.6 Å². The van der Waals surface area contributed by atoms with Crippen molar-refractivity contribution in [2.75, 3.05) is 20.1 Å². The summed E-state index contributed by atoms with van der Waals surface area (Å²) in [6.07, 6.45) is -0.0817. The molecule has 0 spiro atoms. The van der Waals surface area contributed by atoms with Crippen LogP contribution in [-0.2, 0) is 9.53 Å². The zero-order valence-corrected chi connectivity index (χ0v) is 15.6. The van der Waals surface area contributed by atoms with Crippen LogP contribution in [0.25, 0.3) is 0 Å². The van der Waals surface area contributed by atoms with E-state index in [9.17, 15) is 18.0 Å². The van der Waals surface area contributed by atoms with Crippen molar-refractivity contribution in [3.05, 3.63) is 0 Å². The molecule has 2 N–H and O–H groups in total. The summed E-state index contributed by atoms with van der Waals surface area (Å²) in [5.41, 5.74) is 0. The highest BCUT2D eigenvalue weighted by Gasteiger charge is 2.26. The van der Waals surface area contributed by atoms with Crippen LogP contribution in [0.15, 0.2) is 4.99 Å². The molecule has 0 aromatic heterocycles. The molecule has 0 bridgehead atoms. The molecular weight excluding hydrogens is 426 g/mol. The summed E-state index contributed by atoms with van der Waals surface area (Å²) in [7, 11) is 1.48. The third kappa shape index (κ3) is 11.4. The number of esters is 1. The number of hydrogen-bond acceptors (Lipinski definition) is 3. The molecule has 136 valence electrons. The van der Waals surface area contributed by atoms with Gasteiger partial charge in [0, 0.05) is 26.6 Å². The van der Waals surface area contributed by atoms with Crippen molar-refractivity contribution >= 4 is 35.9 Å². The molecule has 1 saturated carbocycles. The molecule has 0 saturated heterocycles. The Balaban J connectivity index is 0.00000484. The summed E-state index contributed by atoms with van der Waals surface area (Å²) in [4.78, 5) is 15.4. The third-order valence-corrected chi connectivity index (χ3v) is 3.37. The van der Waals surface area contributed by atoms with Gasteiger partial charge in [-0.2, -0.15) is 13.2 Å². The minimum Gasteiger partial charge on any atom is -0.462 e. The molecule has 0 aromatic carbocycles. The van der Waals surface area contributed by atoms with E-state index in [4.69, 9.17) is 4.74 Å². The van der Waals surface area contributed by atoms with E-state index in [1.807, 2.05) is 0 Å². The Morgan fingerprint density at radius 1 is 1.22 bits per heavy atom. The Kier molecular flexibility index (Phi) is 11.4. The second-order valence-corrected chi connectivity index (χ2v) is 5.29. The topological polar surface area (TPSA) is 62.7 Å². The molecule has 1 aliphatic rings. The Morgan fingerprint density at radius 3 is 2.39 bits per heavy atom. The van der Waals surface area contributed by atoms with E-state index < -0.39 is 12.6 Å². The fourth-order valence-electron chi connectivity index (χ4n) is 2.23. The number of nitrogens with zero attached hydrogens (tertiary/aromatic N) is 1. The number of guanidine groups is 1. The van der Waals surface area contributed by atoms with Gasteiger partial charge in [-0.3, -0.25) is 9.79 Å². The van der Waals surface area contributed by atoms with E-state index in [2.05, 4.69) is 15.6 Å². The van der Waals surface area contributed by atoms with E-state index in [0.717, 1.165) is 25.7 Å². The minimum absolute atomic E-state index is 0.